The van der Waals surface area contributed by atoms with Crippen LogP contribution in [-0.4, -0.2) is 37.6 Å². The second-order valence-electron chi connectivity index (χ2n) is 4.91. The van der Waals surface area contributed by atoms with Gasteiger partial charge < -0.3 is 5.32 Å². The Hall–Kier alpha value is -1.00. The Kier molecular flexibility index (Phi) is 4.30. The molecule has 1 saturated heterocycles. The minimum atomic E-state index is -2.76. The Morgan fingerprint density at radius 3 is 2.39 bits per heavy atom. The van der Waals surface area contributed by atoms with Crippen molar-refractivity contribution in [2.45, 2.75) is 24.8 Å². The molecule has 0 spiro atoms. The highest BCUT2D eigenvalue weighted by Gasteiger charge is 2.34. The molecule has 100 valence electrons. The van der Waals surface area contributed by atoms with E-state index in [9.17, 15) is 8.78 Å². The fourth-order valence-electron chi connectivity index (χ4n) is 2.43. The molecule has 1 fully saturated rings. The fraction of sp³-hybridized carbons (Fsp3) is 0.571. The molecule has 18 heavy (non-hydrogen) atoms. The molecule has 4 heteroatoms. The summed E-state index contributed by atoms with van der Waals surface area (Å²) >= 11 is 0. The highest BCUT2D eigenvalue weighted by Crippen LogP contribution is 2.29. The van der Waals surface area contributed by atoms with Crippen molar-refractivity contribution < 1.29 is 8.78 Å². The first kappa shape index (κ1) is 13.4. The standard InChI is InChI=1S/C14H20F2N2/c1-17-13-7-9-18(10-8-13)11-14(15,16)12-5-3-2-4-6-12/h2-6,13,17H,7-11H2,1H3. The van der Waals surface area contributed by atoms with Crippen LogP contribution in [0.2, 0.25) is 0 Å². The van der Waals surface area contributed by atoms with Crippen LogP contribution in [0.15, 0.2) is 30.3 Å². The second kappa shape index (κ2) is 5.76. The van der Waals surface area contributed by atoms with Gasteiger partial charge in [0.15, 0.2) is 0 Å². The Morgan fingerprint density at radius 2 is 1.83 bits per heavy atom. The minimum Gasteiger partial charge on any atom is -0.317 e. The van der Waals surface area contributed by atoms with Gasteiger partial charge in [-0.15, -0.1) is 0 Å². The first-order valence-corrected chi connectivity index (χ1v) is 6.45. The van der Waals surface area contributed by atoms with Gasteiger partial charge in [-0.25, -0.2) is 0 Å². The second-order valence-corrected chi connectivity index (χ2v) is 4.91. The van der Waals surface area contributed by atoms with Gasteiger partial charge in [-0.3, -0.25) is 4.90 Å². The van der Waals surface area contributed by atoms with Gasteiger partial charge in [0.25, 0.3) is 5.92 Å². The number of piperidine rings is 1. The summed E-state index contributed by atoms with van der Waals surface area (Å²) in [6.45, 7) is 1.31. The lowest BCUT2D eigenvalue weighted by atomic mass is 10.0. The van der Waals surface area contributed by atoms with Crippen molar-refractivity contribution in [2.24, 2.45) is 0 Å². The molecule has 0 radical (unpaired) electrons. The predicted molar refractivity (Wildman–Crippen MR) is 68.9 cm³/mol. The molecule has 0 bridgehead atoms. The van der Waals surface area contributed by atoms with Gasteiger partial charge in [-0.2, -0.15) is 8.78 Å². The van der Waals surface area contributed by atoms with Gasteiger partial charge in [0.2, 0.25) is 0 Å². The Balaban J connectivity index is 1.93. The maximum absolute atomic E-state index is 14.1. The van der Waals surface area contributed by atoms with Crippen molar-refractivity contribution in [2.75, 3.05) is 26.7 Å². The topological polar surface area (TPSA) is 15.3 Å². The fourth-order valence-corrected chi connectivity index (χ4v) is 2.43. The molecule has 1 N–H and O–H groups in total. The third kappa shape index (κ3) is 3.27. The van der Waals surface area contributed by atoms with E-state index in [-0.39, 0.29) is 12.1 Å². The normalized spacial score (nSPS) is 19.1. The number of halogens is 2. The molecule has 0 amide bonds. The number of benzene rings is 1. The monoisotopic (exact) mass is 254 g/mol. The van der Waals surface area contributed by atoms with Gasteiger partial charge >= 0.3 is 0 Å². The van der Waals surface area contributed by atoms with Crippen LogP contribution in [0.5, 0.6) is 0 Å². The molecule has 0 aliphatic carbocycles. The highest BCUT2D eigenvalue weighted by molar-refractivity contribution is 5.20. The first-order valence-electron chi connectivity index (χ1n) is 6.45. The van der Waals surface area contributed by atoms with Gasteiger partial charge in [-0.05, 0) is 33.0 Å². The van der Waals surface area contributed by atoms with E-state index < -0.39 is 5.92 Å². The van der Waals surface area contributed by atoms with Crippen molar-refractivity contribution in [1.29, 1.82) is 0 Å². The molecule has 2 rings (SSSR count). The van der Waals surface area contributed by atoms with E-state index in [0.717, 1.165) is 25.9 Å². The van der Waals surface area contributed by atoms with Crippen LogP contribution in [0.25, 0.3) is 0 Å². The summed E-state index contributed by atoms with van der Waals surface area (Å²) in [5.74, 6) is -2.76. The Morgan fingerprint density at radius 1 is 1.22 bits per heavy atom. The van der Waals surface area contributed by atoms with E-state index in [4.69, 9.17) is 0 Å². The number of alkyl halides is 2. The van der Waals surface area contributed by atoms with Gasteiger partial charge in [0, 0.05) is 11.6 Å². The van der Waals surface area contributed by atoms with Gasteiger partial charge in [-0.1, -0.05) is 30.3 Å². The molecule has 1 aromatic carbocycles. The van der Waals surface area contributed by atoms with Crippen molar-refractivity contribution >= 4 is 0 Å². The lowest BCUT2D eigenvalue weighted by Gasteiger charge is -2.34. The largest absolute Gasteiger partial charge is 0.317 e. The first-order chi connectivity index (χ1) is 8.62. The number of nitrogens with one attached hydrogen (secondary N) is 1. The van der Waals surface area contributed by atoms with Crippen LogP contribution in [0, 0.1) is 0 Å². The van der Waals surface area contributed by atoms with Crippen LogP contribution >= 0.6 is 0 Å². The van der Waals surface area contributed by atoms with Crippen molar-refractivity contribution in [3.63, 3.8) is 0 Å². The van der Waals surface area contributed by atoms with E-state index >= 15 is 0 Å². The molecule has 1 heterocycles. The zero-order valence-corrected chi connectivity index (χ0v) is 10.7. The molecular weight excluding hydrogens is 234 g/mol. The van der Waals surface area contributed by atoms with Gasteiger partial charge in [0.05, 0.1) is 6.54 Å². The maximum Gasteiger partial charge on any atom is 0.285 e. The predicted octanol–water partition coefficient (Wildman–Crippen LogP) is 2.46. The smallest absolute Gasteiger partial charge is 0.285 e. The van der Waals surface area contributed by atoms with Gasteiger partial charge in [0.1, 0.15) is 0 Å². The lowest BCUT2D eigenvalue weighted by Crippen LogP contribution is -2.45. The van der Waals surface area contributed by atoms with Crippen LogP contribution in [0.3, 0.4) is 0 Å². The van der Waals surface area contributed by atoms with E-state index in [1.165, 1.54) is 12.1 Å². The molecule has 2 nitrogen and oxygen atoms in total. The van der Waals surface area contributed by atoms with E-state index in [2.05, 4.69) is 5.32 Å². The molecule has 0 unspecified atom stereocenters. The van der Waals surface area contributed by atoms with Crippen molar-refractivity contribution in [3.05, 3.63) is 35.9 Å². The number of hydrogen-bond acceptors (Lipinski definition) is 2. The maximum atomic E-state index is 14.1. The lowest BCUT2D eigenvalue weighted by molar-refractivity contribution is -0.0430. The number of rotatable bonds is 4. The Bertz CT molecular complexity index is 359. The van der Waals surface area contributed by atoms with Crippen molar-refractivity contribution in [1.82, 2.24) is 10.2 Å². The zero-order chi connectivity index (χ0) is 13.0. The third-order valence-electron chi connectivity index (χ3n) is 3.61. The van der Waals surface area contributed by atoms with Crippen LogP contribution in [0.1, 0.15) is 18.4 Å². The summed E-state index contributed by atoms with van der Waals surface area (Å²) in [6, 6.07) is 8.57. The average molecular weight is 254 g/mol. The third-order valence-corrected chi connectivity index (χ3v) is 3.61. The summed E-state index contributed by atoms with van der Waals surface area (Å²) in [4.78, 5) is 1.86. The van der Waals surface area contributed by atoms with Crippen molar-refractivity contribution in [3.8, 4) is 0 Å². The van der Waals surface area contributed by atoms with E-state index in [1.54, 1.807) is 18.2 Å². The minimum absolute atomic E-state index is 0.112. The van der Waals surface area contributed by atoms with E-state index in [0.29, 0.717) is 6.04 Å². The summed E-state index contributed by atoms with van der Waals surface area (Å²) < 4.78 is 28.1. The summed E-state index contributed by atoms with van der Waals surface area (Å²) in [5.41, 5.74) is 0.112. The zero-order valence-electron chi connectivity index (χ0n) is 10.7. The van der Waals surface area contributed by atoms with E-state index in [1.807, 2.05) is 11.9 Å². The summed E-state index contributed by atoms with van der Waals surface area (Å²) in [5, 5.41) is 3.20. The quantitative estimate of drug-likeness (QED) is 0.888. The highest BCUT2D eigenvalue weighted by atomic mass is 19.3. The molecule has 0 atom stereocenters. The molecule has 1 aliphatic heterocycles. The molecular formula is C14H20F2N2. The summed E-state index contributed by atoms with van der Waals surface area (Å²) in [7, 11) is 1.93. The molecule has 0 saturated carbocycles. The molecule has 0 aromatic heterocycles. The number of hydrogen-bond donors (Lipinski definition) is 1. The SMILES string of the molecule is CNC1CCN(CC(F)(F)c2ccccc2)CC1. The number of likely N-dealkylation sites (tertiary alicyclic amines) is 1. The molecule has 1 aromatic rings. The molecule has 1 aliphatic rings. The van der Waals surface area contributed by atoms with Crippen LogP contribution in [0.4, 0.5) is 8.78 Å². The van der Waals surface area contributed by atoms with Crippen LogP contribution in [-0.2, 0) is 5.92 Å². The number of nitrogens with zero attached hydrogens (tertiary/aromatic N) is 1. The summed E-state index contributed by atoms with van der Waals surface area (Å²) in [6.07, 6.45) is 1.89. The average Bonchev–Trinajstić information content (AvgIpc) is 2.40. The Labute approximate surface area is 107 Å². The van der Waals surface area contributed by atoms with Crippen LogP contribution < -0.4 is 5.32 Å².